The Morgan fingerprint density at radius 3 is 2.59 bits per heavy atom. The van der Waals surface area contributed by atoms with Gasteiger partial charge >= 0.3 is 0 Å². The van der Waals surface area contributed by atoms with Crippen LogP contribution in [0.3, 0.4) is 0 Å². The Morgan fingerprint density at radius 1 is 1.07 bits per heavy atom. The van der Waals surface area contributed by atoms with E-state index < -0.39 is 0 Å². The van der Waals surface area contributed by atoms with Crippen molar-refractivity contribution in [3.63, 3.8) is 0 Å². The second-order valence-electron chi connectivity index (χ2n) is 5.72. The first-order chi connectivity index (χ1) is 13.2. The van der Waals surface area contributed by atoms with Gasteiger partial charge in [0.15, 0.2) is 5.82 Å². The van der Waals surface area contributed by atoms with Gasteiger partial charge in [0, 0.05) is 30.5 Å². The first-order valence-corrected chi connectivity index (χ1v) is 8.87. The van der Waals surface area contributed by atoms with Crippen molar-refractivity contribution >= 4 is 23.1 Å². The quantitative estimate of drug-likeness (QED) is 0.282. The van der Waals surface area contributed by atoms with Gasteiger partial charge in [-0.1, -0.05) is 12.1 Å². The predicted octanol–water partition coefficient (Wildman–Crippen LogP) is 4.27. The van der Waals surface area contributed by atoms with Crippen molar-refractivity contribution in [2.45, 2.75) is 11.4 Å². The fraction of sp³-hybridized carbons (Fsp3) is 0.105. The lowest BCUT2D eigenvalue weighted by atomic mass is 10.2. The molecule has 0 saturated carbocycles. The molecule has 0 unspecified atom stereocenters. The van der Waals surface area contributed by atoms with Gasteiger partial charge in [-0.05, 0) is 35.9 Å². The summed E-state index contributed by atoms with van der Waals surface area (Å²) in [6.07, 6.45) is 5.11. The Labute approximate surface area is 159 Å². The molecule has 8 heteroatoms. The Bertz CT molecular complexity index is 1050. The molecular formula is C19H15FN4O2S. The molecule has 0 aliphatic heterocycles. The number of hydrogen-bond donors (Lipinski definition) is 0. The Morgan fingerprint density at radius 2 is 1.85 bits per heavy atom. The van der Waals surface area contributed by atoms with Crippen LogP contribution in [0.15, 0.2) is 66.0 Å². The molecule has 4 aromatic rings. The molecule has 6 nitrogen and oxygen atoms in total. The van der Waals surface area contributed by atoms with Gasteiger partial charge in [-0.3, -0.25) is 0 Å². The Balaban J connectivity index is 1.81. The van der Waals surface area contributed by atoms with Crippen LogP contribution in [0.4, 0.5) is 4.39 Å². The van der Waals surface area contributed by atoms with E-state index in [2.05, 4.69) is 19.8 Å². The molecule has 0 fully saturated rings. The molecule has 136 valence electrons. The molecule has 0 aliphatic carbocycles. The molecule has 3 aromatic heterocycles. The lowest BCUT2D eigenvalue weighted by Gasteiger charge is -2.10. The van der Waals surface area contributed by atoms with Crippen LogP contribution in [0, 0.1) is 5.82 Å². The zero-order chi connectivity index (χ0) is 18.6. The van der Waals surface area contributed by atoms with E-state index >= 15 is 0 Å². The van der Waals surface area contributed by atoms with Crippen molar-refractivity contribution in [3.8, 4) is 11.5 Å². The molecule has 0 saturated heterocycles. The summed E-state index contributed by atoms with van der Waals surface area (Å²) >= 11 is 1.08. The van der Waals surface area contributed by atoms with E-state index in [9.17, 15) is 4.39 Å². The minimum atomic E-state index is -0.263. The molecule has 27 heavy (non-hydrogen) atoms. The summed E-state index contributed by atoms with van der Waals surface area (Å²) < 4.78 is 20.2. The van der Waals surface area contributed by atoms with Gasteiger partial charge in [0.2, 0.25) is 0 Å². The molecular weight excluding hydrogens is 367 g/mol. The molecule has 0 amide bonds. The van der Waals surface area contributed by atoms with Crippen LogP contribution >= 0.6 is 12.0 Å². The van der Waals surface area contributed by atoms with Crippen molar-refractivity contribution < 1.29 is 13.6 Å². The summed E-state index contributed by atoms with van der Waals surface area (Å²) in [5.74, 6) is 0.334. The number of hydrogen-bond acceptors (Lipinski definition) is 6. The highest BCUT2D eigenvalue weighted by atomic mass is 32.2. The third-order valence-electron chi connectivity index (χ3n) is 3.96. The van der Waals surface area contributed by atoms with Crippen LogP contribution in [0.1, 0.15) is 5.56 Å². The maximum atomic E-state index is 13.2. The van der Waals surface area contributed by atoms with Gasteiger partial charge < -0.3 is 4.57 Å². The molecule has 0 atom stereocenters. The summed E-state index contributed by atoms with van der Waals surface area (Å²) in [6, 6.07) is 12.1. The minimum Gasteiger partial charge on any atom is -0.318 e. The first-order valence-electron chi connectivity index (χ1n) is 8.13. The average Bonchev–Trinajstić information content (AvgIpc) is 3.06. The molecule has 0 aliphatic rings. The number of aromatic nitrogens is 4. The molecule has 0 radical (unpaired) electrons. The highest BCUT2D eigenvalue weighted by molar-refractivity contribution is 7.94. The van der Waals surface area contributed by atoms with Crippen molar-refractivity contribution in [1.82, 2.24) is 19.5 Å². The third-order valence-corrected chi connectivity index (χ3v) is 4.58. The van der Waals surface area contributed by atoms with Gasteiger partial charge in [0.25, 0.3) is 0 Å². The summed E-state index contributed by atoms with van der Waals surface area (Å²) in [4.78, 5) is 18.7. The van der Waals surface area contributed by atoms with Gasteiger partial charge in [-0.25, -0.2) is 24.2 Å². The number of rotatable bonds is 6. The third kappa shape index (κ3) is 3.82. The van der Waals surface area contributed by atoms with Gasteiger partial charge in [-0.2, -0.15) is 4.33 Å². The van der Waals surface area contributed by atoms with E-state index in [0.29, 0.717) is 12.4 Å². The molecule has 1 aromatic carbocycles. The van der Waals surface area contributed by atoms with Gasteiger partial charge in [0.05, 0.1) is 29.7 Å². The zero-order valence-corrected chi connectivity index (χ0v) is 15.2. The fourth-order valence-corrected chi connectivity index (χ4v) is 3.21. The molecule has 3 heterocycles. The topological polar surface area (TPSA) is 62.1 Å². The molecule has 0 spiro atoms. The Hall–Kier alpha value is -2.81. The van der Waals surface area contributed by atoms with E-state index in [1.165, 1.54) is 19.2 Å². The summed E-state index contributed by atoms with van der Waals surface area (Å²) in [5.41, 5.74) is 2.56. The largest absolute Gasteiger partial charge is 0.318 e. The molecule has 0 N–H and O–H groups in total. The lowest BCUT2D eigenvalue weighted by molar-refractivity contribution is -0.160. The highest BCUT2D eigenvalue weighted by Crippen LogP contribution is 2.29. The normalized spacial score (nSPS) is 11.2. The molecule has 0 bridgehead atoms. The summed E-state index contributed by atoms with van der Waals surface area (Å²) in [6.45, 7) is 0.519. The van der Waals surface area contributed by atoms with Crippen molar-refractivity contribution in [3.05, 3.63) is 72.4 Å². The SMILES string of the molecule is COOSc1cnc2c(c1)cc(-c1ncccn1)n2Cc1ccc(F)cc1. The van der Waals surface area contributed by atoms with Crippen LogP contribution in [0.25, 0.3) is 22.6 Å². The summed E-state index contributed by atoms with van der Waals surface area (Å²) in [7, 11) is 1.45. The second kappa shape index (κ2) is 7.83. The number of halogens is 1. The van der Waals surface area contributed by atoms with Gasteiger partial charge in [0.1, 0.15) is 11.5 Å². The Kier molecular flexibility index (Phi) is 5.10. The number of benzene rings is 1. The maximum Gasteiger partial charge on any atom is 0.176 e. The molecule has 4 rings (SSSR count). The van der Waals surface area contributed by atoms with E-state index in [0.717, 1.165) is 39.2 Å². The van der Waals surface area contributed by atoms with Crippen molar-refractivity contribution in [2.24, 2.45) is 0 Å². The number of pyridine rings is 1. The van der Waals surface area contributed by atoms with Crippen molar-refractivity contribution in [2.75, 3.05) is 7.11 Å². The van der Waals surface area contributed by atoms with Crippen LogP contribution in [0.5, 0.6) is 0 Å². The second-order valence-corrected chi connectivity index (χ2v) is 6.49. The van der Waals surface area contributed by atoms with Crippen molar-refractivity contribution in [1.29, 1.82) is 0 Å². The van der Waals surface area contributed by atoms with E-state index in [1.807, 2.05) is 16.7 Å². The monoisotopic (exact) mass is 382 g/mol. The minimum absolute atomic E-state index is 0.263. The summed E-state index contributed by atoms with van der Waals surface area (Å²) in [5, 5.41) is 0.921. The van der Waals surface area contributed by atoms with Gasteiger partial charge in [-0.15, -0.1) is 0 Å². The highest BCUT2D eigenvalue weighted by Gasteiger charge is 2.15. The standard InChI is InChI=1S/C19H15FN4O2S/c1-25-26-27-16-9-14-10-17(18-21-7-2-8-22-18)24(19(14)23-11-16)12-13-3-5-15(20)6-4-13/h2-11H,12H2,1H3. The van der Waals surface area contributed by atoms with Crippen LogP contribution in [-0.2, 0) is 15.8 Å². The fourth-order valence-electron chi connectivity index (χ4n) is 2.79. The van der Waals surface area contributed by atoms with Crippen LogP contribution < -0.4 is 0 Å². The first kappa shape index (κ1) is 17.6. The maximum absolute atomic E-state index is 13.2. The zero-order valence-electron chi connectivity index (χ0n) is 14.4. The predicted molar refractivity (Wildman–Crippen MR) is 100 cm³/mol. The van der Waals surface area contributed by atoms with E-state index in [1.54, 1.807) is 36.8 Å². The van der Waals surface area contributed by atoms with E-state index in [4.69, 9.17) is 4.33 Å². The lowest BCUT2D eigenvalue weighted by Crippen LogP contribution is -2.04. The van der Waals surface area contributed by atoms with Crippen LogP contribution in [-0.4, -0.2) is 26.6 Å². The average molecular weight is 382 g/mol. The number of fused-ring (bicyclic) bond motifs is 1. The van der Waals surface area contributed by atoms with E-state index in [-0.39, 0.29) is 5.82 Å². The van der Waals surface area contributed by atoms with Crippen LogP contribution in [0.2, 0.25) is 0 Å². The smallest absolute Gasteiger partial charge is 0.176 e. The number of nitrogens with zero attached hydrogens (tertiary/aromatic N) is 4.